The third-order valence-corrected chi connectivity index (χ3v) is 3.95. The number of thioether (sulfide) groups is 1. The van der Waals surface area contributed by atoms with E-state index in [2.05, 4.69) is 20.6 Å². The Bertz CT molecular complexity index is 354. The molecule has 17 heavy (non-hydrogen) atoms. The molecule has 2 heterocycles. The molecule has 0 radical (unpaired) electrons. The van der Waals surface area contributed by atoms with Crippen LogP contribution >= 0.6 is 11.8 Å². The summed E-state index contributed by atoms with van der Waals surface area (Å²) in [5.74, 6) is 0.517. The van der Waals surface area contributed by atoms with Crippen LogP contribution in [0.15, 0.2) is 18.7 Å². The average Bonchev–Trinajstić information content (AvgIpc) is 2.39. The first kappa shape index (κ1) is 12.3. The number of rotatable bonds is 4. The summed E-state index contributed by atoms with van der Waals surface area (Å²) in [5, 5.41) is 6.70. The molecule has 0 aromatic carbocycles. The first-order valence-corrected chi connectivity index (χ1v) is 6.76. The van der Waals surface area contributed by atoms with Gasteiger partial charge in [-0.3, -0.25) is 4.79 Å². The number of aromatic nitrogens is 2. The highest BCUT2D eigenvalue weighted by atomic mass is 32.2. The molecule has 5 nitrogen and oxygen atoms in total. The highest BCUT2D eigenvalue weighted by molar-refractivity contribution is 8.00. The standard InChI is InChI=1S/C11H16N4OS/c16-11(15-9-5-13-8-14-6-9)7-17-10-1-3-12-4-2-10/h5-6,8,10,12H,1-4,7H2,(H,15,16). The fraction of sp³-hybridized carbons (Fsp3) is 0.545. The fourth-order valence-corrected chi connectivity index (χ4v) is 2.74. The van der Waals surface area contributed by atoms with Gasteiger partial charge < -0.3 is 10.6 Å². The van der Waals surface area contributed by atoms with E-state index >= 15 is 0 Å². The molecule has 1 aromatic rings. The van der Waals surface area contributed by atoms with Crippen LogP contribution in [0.3, 0.4) is 0 Å². The minimum Gasteiger partial charge on any atom is -0.323 e. The first-order chi connectivity index (χ1) is 8.34. The van der Waals surface area contributed by atoms with E-state index in [9.17, 15) is 4.79 Å². The van der Waals surface area contributed by atoms with Crippen LogP contribution in [0, 0.1) is 0 Å². The number of amides is 1. The predicted octanol–water partition coefficient (Wildman–Crippen LogP) is 0.900. The Morgan fingerprint density at radius 3 is 2.82 bits per heavy atom. The van der Waals surface area contributed by atoms with Gasteiger partial charge in [-0.05, 0) is 25.9 Å². The number of anilines is 1. The normalized spacial score (nSPS) is 16.7. The van der Waals surface area contributed by atoms with Gasteiger partial charge in [-0.2, -0.15) is 0 Å². The summed E-state index contributed by atoms with van der Waals surface area (Å²) in [6, 6.07) is 0. The van der Waals surface area contributed by atoms with Gasteiger partial charge in [0, 0.05) is 5.25 Å². The van der Waals surface area contributed by atoms with Gasteiger partial charge in [0.15, 0.2) is 0 Å². The van der Waals surface area contributed by atoms with E-state index in [1.54, 1.807) is 24.2 Å². The molecule has 0 spiro atoms. The lowest BCUT2D eigenvalue weighted by Gasteiger charge is -2.21. The van der Waals surface area contributed by atoms with E-state index in [0.29, 0.717) is 16.7 Å². The molecule has 2 rings (SSSR count). The van der Waals surface area contributed by atoms with Crippen molar-refractivity contribution in [1.29, 1.82) is 0 Å². The molecule has 1 aromatic heterocycles. The van der Waals surface area contributed by atoms with Crippen molar-refractivity contribution >= 4 is 23.4 Å². The van der Waals surface area contributed by atoms with E-state index in [-0.39, 0.29) is 5.91 Å². The number of nitrogens with zero attached hydrogens (tertiary/aromatic N) is 2. The molecule has 6 heteroatoms. The number of piperidine rings is 1. The van der Waals surface area contributed by atoms with Gasteiger partial charge >= 0.3 is 0 Å². The summed E-state index contributed by atoms with van der Waals surface area (Å²) in [4.78, 5) is 19.3. The number of carbonyl (C=O) groups excluding carboxylic acids is 1. The number of hydrogen-bond donors (Lipinski definition) is 2. The minimum atomic E-state index is 0.0170. The Balaban J connectivity index is 1.70. The van der Waals surface area contributed by atoms with Crippen molar-refractivity contribution in [2.24, 2.45) is 0 Å². The SMILES string of the molecule is O=C(CSC1CCNCC1)Nc1cncnc1. The summed E-state index contributed by atoms with van der Waals surface area (Å²) in [6.45, 7) is 2.12. The van der Waals surface area contributed by atoms with E-state index in [4.69, 9.17) is 0 Å². The monoisotopic (exact) mass is 252 g/mol. The second-order valence-electron chi connectivity index (χ2n) is 3.94. The van der Waals surface area contributed by atoms with Crippen LogP contribution in [0.25, 0.3) is 0 Å². The van der Waals surface area contributed by atoms with Gasteiger partial charge in [0.25, 0.3) is 0 Å². The van der Waals surface area contributed by atoms with Gasteiger partial charge in [-0.15, -0.1) is 11.8 Å². The maximum Gasteiger partial charge on any atom is 0.234 e. The van der Waals surface area contributed by atoms with Crippen LogP contribution in [-0.2, 0) is 4.79 Å². The zero-order valence-corrected chi connectivity index (χ0v) is 10.4. The molecule has 1 saturated heterocycles. The molecular formula is C11H16N4OS. The molecular weight excluding hydrogens is 236 g/mol. The predicted molar refractivity (Wildman–Crippen MR) is 69.0 cm³/mol. The van der Waals surface area contributed by atoms with Crippen molar-refractivity contribution in [1.82, 2.24) is 15.3 Å². The molecule has 1 aliphatic rings. The molecule has 1 aliphatic heterocycles. The topological polar surface area (TPSA) is 66.9 Å². The van der Waals surface area contributed by atoms with Gasteiger partial charge in [0.05, 0.1) is 23.8 Å². The average molecular weight is 252 g/mol. The molecule has 92 valence electrons. The van der Waals surface area contributed by atoms with Gasteiger partial charge in [-0.25, -0.2) is 9.97 Å². The van der Waals surface area contributed by atoms with Crippen molar-refractivity contribution in [2.45, 2.75) is 18.1 Å². The van der Waals surface area contributed by atoms with Gasteiger partial charge in [0.1, 0.15) is 6.33 Å². The maximum absolute atomic E-state index is 11.7. The molecule has 2 N–H and O–H groups in total. The lowest BCUT2D eigenvalue weighted by Crippen LogP contribution is -2.30. The summed E-state index contributed by atoms with van der Waals surface area (Å²) in [5.41, 5.74) is 0.656. The second-order valence-corrected chi connectivity index (χ2v) is 5.22. The third kappa shape index (κ3) is 4.32. The van der Waals surface area contributed by atoms with E-state index in [0.717, 1.165) is 25.9 Å². The highest BCUT2D eigenvalue weighted by Crippen LogP contribution is 2.20. The van der Waals surface area contributed by atoms with Crippen LogP contribution < -0.4 is 10.6 Å². The molecule has 0 aliphatic carbocycles. The molecule has 1 fully saturated rings. The third-order valence-electron chi connectivity index (χ3n) is 2.58. The summed E-state index contributed by atoms with van der Waals surface area (Å²) < 4.78 is 0. The van der Waals surface area contributed by atoms with Crippen LogP contribution in [0.1, 0.15) is 12.8 Å². The quantitative estimate of drug-likeness (QED) is 0.833. The highest BCUT2D eigenvalue weighted by Gasteiger charge is 2.14. The fourth-order valence-electron chi connectivity index (χ4n) is 1.72. The number of nitrogens with one attached hydrogen (secondary N) is 2. The molecule has 0 bridgehead atoms. The number of hydrogen-bond acceptors (Lipinski definition) is 5. The van der Waals surface area contributed by atoms with E-state index in [1.165, 1.54) is 6.33 Å². The Labute approximate surface area is 105 Å². The van der Waals surface area contributed by atoms with E-state index < -0.39 is 0 Å². The van der Waals surface area contributed by atoms with Crippen LogP contribution in [0.2, 0.25) is 0 Å². The van der Waals surface area contributed by atoms with Crippen molar-refractivity contribution in [3.05, 3.63) is 18.7 Å². The largest absolute Gasteiger partial charge is 0.323 e. The van der Waals surface area contributed by atoms with Crippen molar-refractivity contribution in [2.75, 3.05) is 24.2 Å². The lowest BCUT2D eigenvalue weighted by molar-refractivity contribution is -0.113. The molecule has 0 atom stereocenters. The van der Waals surface area contributed by atoms with Gasteiger partial charge in [-0.1, -0.05) is 0 Å². The molecule has 1 amide bonds. The Kier molecular flexibility index (Phi) is 4.75. The number of carbonyl (C=O) groups is 1. The minimum absolute atomic E-state index is 0.0170. The van der Waals surface area contributed by atoms with Crippen LogP contribution in [0.4, 0.5) is 5.69 Å². The van der Waals surface area contributed by atoms with Crippen molar-refractivity contribution in [3.63, 3.8) is 0 Å². The second kappa shape index (κ2) is 6.56. The zero-order chi connectivity index (χ0) is 11.9. The molecule has 0 saturated carbocycles. The summed E-state index contributed by atoms with van der Waals surface area (Å²) in [7, 11) is 0. The van der Waals surface area contributed by atoms with Crippen LogP contribution in [-0.4, -0.2) is 40.0 Å². The Hall–Kier alpha value is -1.14. The lowest BCUT2D eigenvalue weighted by atomic mass is 10.2. The van der Waals surface area contributed by atoms with E-state index in [1.807, 2.05) is 0 Å². The van der Waals surface area contributed by atoms with Crippen molar-refractivity contribution in [3.8, 4) is 0 Å². The Morgan fingerprint density at radius 2 is 2.12 bits per heavy atom. The van der Waals surface area contributed by atoms with Crippen molar-refractivity contribution < 1.29 is 4.79 Å². The summed E-state index contributed by atoms with van der Waals surface area (Å²) in [6.07, 6.45) is 6.93. The smallest absolute Gasteiger partial charge is 0.234 e. The Morgan fingerprint density at radius 1 is 1.41 bits per heavy atom. The zero-order valence-electron chi connectivity index (χ0n) is 9.56. The first-order valence-electron chi connectivity index (χ1n) is 5.72. The summed E-state index contributed by atoms with van der Waals surface area (Å²) >= 11 is 1.73. The van der Waals surface area contributed by atoms with Gasteiger partial charge in [0.2, 0.25) is 5.91 Å². The maximum atomic E-state index is 11.7. The molecule has 0 unspecified atom stereocenters. The van der Waals surface area contributed by atoms with Crippen LogP contribution in [0.5, 0.6) is 0 Å².